The van der Waals surface area contributed by atoms with Crippen molar-refractivity contribution in [2.24, 2.45) is 0 Å². The van der Waals surface area contributed by atoms with Crippen LogP contribution in [0.15, 0.2) is 76.5 Å². The van der Waals surface area contributed by atoms with E-state index < -0.39 is 10.8 Å². The molecule has 3 aromatic carbocycles. The molecule has 0 radical (unpaired) electrons. The van der Waals surface area contributed by atoms with Crippen LogP contribution in [0.4, 0.5) is 10.1 Å². The molecule has 0 saturated heterocycles. The van der Waals surface area contributed by atoms with Crippen molar-refractivity contribution in [3.8, 4) is 0 Å². The topological polar surface area (TPSA) is 75.7 Å². The molecule has 1 unspecified atom stereocenters. The first kappa shape index (κ1) is 21.9. The molecule has 3 aromatic rings. The Bertz CT molecular complexity index is 1200. The van der Waals surface area contributed by atoms with E-state index in [0.717, 1.165) is 0 Å². The molecule has 8 heteroatoms. The lowest BCUT2D eigenvalue weighted by atomic mass is 10.1. The molecule has 1 aliphatic rings. The molecule has 0 aliphatic carbocycles. The van der Waals surface area contributed by atoms with Crippen LogP contribution < -0.4 is 10.2 Å². The Labute approximate surface area is 187 Å². The number of benzene rings is 3. The molecule has 1 atom stereocenters. The highest BCUT2D eigenvalue weighted by Crippen LogP contribution is 2.36. The monoisotopic (exact) mass is 452 g/mol. The summed E-state index contributed by atoms with van der Waals surface area (Å²) in [5.41, 5.74) is 1.74. The highest BCUT2D eigenvalue weighted by molar-refractivity contribution is 7.85. The second-order valence-electron chi connectivity index (χ2n) is 7.21. The Morgan fingerprint density at radius 2 is 1.81 bits per heavy atom. The minimum atomic E-state index is -1.61. The molecule has 0 aromatic heterocycles. The predicted octanol–water partition coefficient (Wildman–Crippen LogP) is 3.53. The maximum Gasteiger partial charge on any atom is 0.259 e. The van der Waals surface area contributed by atoms with Gasteiger partial charge in [0, 0.05) is 19.2 Å². The van der Waals surface area contributed by atoms with Crippen molar-refractivity contribution in [3.63, 3.8) is 0 Å². The third-order valence-corrected chi connectivity index (χ3v) is 6.62. The van der Waals surface area contributed by atoms with Crippen LogP contribution in [-0.2, 0) is 22.1 Å². The van der Waals surface area contributed by atoms with Crippen molar-refractivity contribution in [1.82, 2.24) is 5.32 Å². The molecular weight excluding hydrogens is 431 g/mol. The molecule has 1 aliphatic heterocycles. The van der Waals surface area contributed by atoms with Gasteiger partial charge < -0.3 is 15.0 Å². The molecule has 6 nitrogen and oxygen atoms in total. The van der Waals surface area contributed by atoms with E-state index in [1.807, 2.05) is 0 Å². The van der Waals surface area contributed by atoms with Gasteiger partial charge in [-0.1, -0.05) is 24.3 Å². The van der Waals surface area contributed by atoms with E-state index in [1.165, 1.54) is 17.0 Å². The van der Waals surface area contributed by atoms with Crippen LogP contribution in [0.3, 0.4) is 0 Å². The fourth-order valence-corrected chi connectivity index (χ4v) is 4.85. The summed E-state index contributed by atoms with van der Waals surface area (Å²) in [6.07, 6.45) is 0. The van der Waals surface area contributed by atoms with Crippen LogP contribution in [0.5, 0.6) is 0 Å². The second-order valence-corrected chi connectivity index (χ2v) is 8.63. The molecule has 32 heavy (non-hydrogen) atoms. The van der Waals surface area contributed by atoms with Gasteiger partial charge in [0.25, 0.3) is 11.8 Å². The van der Waals surface area contributed by atoms with Gasteiger partial charge in [0.05, 0.1) is 45.0 Å². The summed E-state index contributed by atoms with van der Waals surface area (Å²) in [5, 5.41) is 2.75. The highest BCUT2D eigenvalue weighted by atomic mass is 32.2. The van der Waals surface area contributed by atoms with Gasteiger partial charge >= 0.3 is 0 Å². The molecule has 1 N–H and O–H groups in total. The highest BCUT2D eigenvalue weighted by Gasteiger charge is 2.31. The van der Waals surface area contributed by atoms with Crippen molar-refractivity contribution in [2.45, 2.75) is 16.3 Å². The first-order valence-corrected chi connectivity index (χ1v) is 11.1. The van der Waals surface area contributed by atoms with E-state index in [1.54, 1.807) is 61.7 Å². The number of rotatable bonds is 6. The molecule has 4 rings (SSSR count). The number of methoxy groups -OCH3 is 1. The molecular formula is C24H21FN2O4S. The maximum atomic E-state index is 13.5. The molecule has 0 bridgehead atoms. The van der Waals surface area contributed by atoms with Gasteiger partial charge in [-0.3, -0.25) is 9.59 Å². The minimum Gasteiger partial charge on any atom is -0.383 e. The zero-order valence-corrected chi connectivity index (χ0v) is 18.2. The van der Waals surface area contributed by atoms with Crippen molar-refractivity contribution in [1.29, 1.82) is 0 Å². The summed E-state index contributed by atoms with van der Waals surface area (Å²) in [6, 6.07) is 17.4. The Morgan fingerprint density at radius 3 is 2.56 bits per heavy atom. The van der Waals surface area contributed by atoms with Crippen LogP contribution in [0.25, 0.3) is 0 Å². The summed E-state index contributed by atoms with van der Waals surface area (Å²) in [7, 11) is -0.0708. The van der Waals surface area contributed by atoms with E-state index in [-0.39, 0.29) is 24.2 Å². The van der Waals surface area contributed by atoms with Gasteiger partial charge in [-0.15, -0.1) is 0 Å². The number of hydrogen-bond acceptors (Lipinski definition) is 4. The number of carbonyl (C=O) groups excluding carboxylic acids is 2. The van der Waals surface area contributed by atoms with Gasteiger partial charge in [-0.2, -0.15) is 0 Å². The Morgan fingerprint density at radius 1 is 1.06 bits per heavy atom. The quantitative estimate of drug-likeness (QED) is 0.581. The maximum absolute atomic E-state index is 13.5. The molecule has 0 saturated carbocycles. The third-order valence-electron chi connectivity index (χ3n) is 5.12. The number of hydrogen-bond donors (Lipinski definition) is 1. The number of anilines is 1. The Kier molecular flexibility index (Phi) is 6.43. The van der Waals surface area contributed by atoms with E-state index >= 15 is 0 Å². The van der Waals surface area contributed by atoms with Gasteiger partial charge in [0.15, 0.2) is 0 Å². The van der Waals surface area contributed by atoms with Crippen molar-refractivity contribution >= 4 is 28.3 Å². The van der Waals surface area contributed by atoms with E-state index in [4.69, 9.17) is 4.74 Å². The first-order chi connectivity index (χ1) is 15.5. The lowest BCUT2D eigenvalue weighted by Gasteiger charge is -2.23. The van der Waals surface area contributed by atoms with E-state index in [9.17, 15) is 18.2 Å². The van der Waals surface area contributed by atoms with Crippen molar-refractivity contribution in [2.75, 3.05) is 25.2 Å². The van der Waals surface area contributed by atoms with Gasteiger partial charge in [0.1, 0.15) is 5.82 Å². The number of nitrogens with one attached hydrogen (secondary N) is 1. The number of ether oxygens (including phenoxy) is 1. The van der Waals surface area contributed by atoms with E-state index in [0.29, 0.717) is 45.3 Å². The average Bonchev–Trinajstić information content (AvgIpc) is 2.90. The molecule has 0 spiro atoms. The standard InChI is InChI=1S/C24H21FN2O4S/c1-31-13-12-26-23(28)17-8-11-22-20(14-17)27(15-16-6-9-18(25)10-7-16)24(29)19-4-2-3-5-21(19)32(22)30/h2-11,14H,12-13,15H2,1H3,(H,26,28). The number of halogens is 1. The fraction of sp³-hybridized carbons (Fsp3) is 0.167. The van der Waals surface area contributed by atoms with Crippen LogP contribution in [0.2, 0.25) is 0 Å². The van der Waals surface area contributed by atoms with Crippen LogP contribution in [0, 0.1) is 5.82 Å². The lowest BCUT2D eigenvalue weighted by Crippen LogP contribution is -2.31. The van der Waals surface area contributed by atoms with Crippen LogP contribution in [-0.4, -0.2) is 36.3 Å². The summed E-state index contributed by atoms with van der Waals surface area (Å²) in [5.74, 6) is -1.04. The number of carbonyl (C=O) groups is 2. The molecule has 2 amide bonds. The SMILES string of the molecule is COCCNC(=O)c1ccc2c(c1)N(Cc1ccc(F)cc1)C(=O)c1ccccc1S2=O. The number of amides is 2. The van der Waals surface area contributed by atoms with Crippen LogP contribution >= 0.6 is 0 Å². The first-order valence-electron chi connectivity index (χ1n) is 9.98. The summed E-state index contributed by atoms with van der Waals surface area (Å²) < 4.78 is 31.7. The zero-order valence-electron chi connectivity index (χ0n) is 17.3. The normalized spacial score (nSPS) is 15.0. The van der Waals surface area contributed by atoms with Gasteiger partial charge in [-0.25, -0.2) is 8.60 Å². The van der Waals surface area contributed by atoms with Crippen molar-refractivity contribution in [3.05, 3.63) is 89.2 Å². The number of nitrogens with zero attached hydrogens (tertiary/aromatic N) is 1. The third kappa shape index (κ3) is 4.32. The molecule has 164 valence electrons. The zero-order chi connectivity index (χ0) is 22.7. The molecule has 1 heterocycles. The average molecular weight is 453 g/mol. The summed E-state index contributed by atoms with van der Waals surface area (Å²) >= 11 is 0. The molecule has 0 fully saturated rings. The number of fused-ring (bicyclic) bond motifs is 2. The summed E-state index contributed by atoms with van der Waals surface area (Å²) in [6.45, 7) is 0.833. The Hall–Kier alpha value is -3.36. The summed E-state index contributed by atoms with van der Waals surface area (Å²) in [4.78, 5) is 28.4. The lowest BCUT2D eigenvalue weighted by molar-refractivity contribution is 0.0934. The second kappa shape index (κ2) is 9.42. The minimum absolute atomic E-state index is 0.131. The largest absolute Gasteiger partial charge is 0.383 e. The van der Waals surface area contributed by atoms with Crippen molar-refractivity contribution < 1.29 is 22.9 Å². The van der Waals surface area contributed by atoms with Crippen LogP contribution in [0.1, 0.15) is 26.3 Å². The Balaban J connectivity index is 1.80. The fourth-order valence-electron chi connectivity index (χ4n) is 3.50. The van der Waals surface area contributed by atoms with Gasteiger partial charge in [-0.05, 0) is 48.0 Å². The van der Waals surface area contributed by atoms with Gasteiger partial charge in [0.2, 0.25) is 0 Å². The predicted molar refractivity (Wildman–Crippen MR) is 119 cm³/mol. The van der Waals surface area contributed by atoms with E-state index in [2.05, 4.69) is 5.32 Å². The smallest absolute Gasteiger partial charge is 0.259 e.